The first kappa shape index (κ1) is 15.6. The Labute approximate surface area is 124 Å². The fourth-order valence-electron chi connectivity index (χ4n) is 2.51. The van der Waals surface area contributed by atoms with Gasteiger partial charge in [0.1, 0.15) is 5.56 Å². The maximum atomic E-state index is 13.1. The summed E-state index contributed by atoms with van der Waals surface area (Å²) >= 11 is 3.03. The van der Waals surface area contributed by atoms with E-state index < -0.39 is 11.7 Å². The van der Waals surface area contributed by atoms with Crippen molar-refractivity contribution < 1.29 is 13.2 Å². The third-order valence-corrected chi connectivity index (χ3v) is 4.02. The lowest BCUT2D eigenvalue weighted by molar-refractivity contribution is -0.137. The molecule has 1 N–H and O–H groups in total. The summed E-state index contributed by atoms with van der Waals surface area (Å²) in [5, 5.41) is 1.87. The van der Waals surface area contributed by atoms with Crippen LogP contribution in [0.2, 0.25) is 0 Å². The molecule has 0 spiro atoms. The van der Waals surface area contributed by atoms with Crippen LogP contribution in [0.25, 0.3) is 0 Å². The van der Waals surface area contributed by atoms with E-state index in [4.69, 9.17) is 0 Å². The number of pyridine rings is 1. The van der Waals surface area contributed by atoms with Gasteiger partial charge in [-0.15, -0.1) is 0 Å². The van der Waals surface area contributed by atoms with E-state index in [1.807, 2.05) is 18.9 Å². The SMILES string of the molecule is CC1CCCC(C)N1Nc1ncc(Br)cc1C(F)(F)F. The first-order valence-electron chi connectivity index (χ1n) is 6.56. The van der Waals surface area contributed by atoms with Crippen molar-refractivity contribution in [3.05, 3.63) is 22.3 Å². The molecule has 0 aromatic carbocycles. The van der Waals surface area contributed by atoms with Crippen LogP contribution < -0.4 is 5.43 Å². The van der Waals surface area contributed by atoms with Crippen molar-refractivity contribution in [2.45, 2.75) is 51.4 Å². The normalized spacial score (nSPS) is 24.7. The minimum absolute atomic E-state index is 0.138. The Kier molecular flexibility index (Phi) is 4.59. The highest BCUT2D eigenvalue weighted by Gasteiger charge is 2.36. The van der Waals surface area contributed by atoms with Gasteiger partial charge in [0.15, 0.2) is 5.82 Å². The van der Waals surface area contributed by atoms with E-state index in [9.17, 15) is 13.2 Å². The van der Waals surface area contributed by atoms with Crippen LogP contribution in [0.15, 0.2) is 16.7 Å². The summed E-state index contributed by atoms with van der Waals surface area (Å²) in [6, 6.07) is 1.42. The molecule has 2 unspecified atom stereocenters. The van der Waals surface area contributed by atoms with Crippen LogP contribution in [-0.4, -0.2) is 22.1 Å². The summed E-state index contributed by atoms with van der Waals surface area (Å²) in [5.41, 5.74) is 2.11. The molecule has 1 aromatic heterocycles. The number of anilines is 1. The molecule has 7 heteroatoms. The highest BCUT2D eigenvalue weighted by Crippen LogP contribution is 2.36. The van der Waals surface area contributed by atoms with E-state index in [1.54, 1.807) is 0 Å². The van der Waals surface area contributed by atoms with E-state index in [0.29, 0.717) is 4.47 Å². The molecular formula is C13H17BrF3N3. The predicted octanol–water partition coefficient (Wildman–Crippen LogP) is 4.45. The standard InChI is InChI=1S/C13H17BrF3N3/c1-8-4-3-5-9(2)20(8)19-12-11(13(15,16)17)6-10(14)7-18-12/h6-9H,3-5H2,1-2H3,(H,18,19). The number of hydrogen-bond donors (Lipinski definition) is 1. The molecule has 20 heavy (non-hydrogen) atoms. The predicted molar refractivity (Wildman–Crippen MR) is 75.2 cm³/mol. The molecule has 1 saturated heterocycles. The van der Waals surface area contributed by atoms with Crippen LogP contribution in [0.4, 0.5) is 19.0 Å². The van der Waals surface area contributed by atoms with Crippen molar-refractivity contribution in [2.75, 3.05) is 5.43 Å². The molecular weight excluding hydrogens is 335 g/mol. The van der Waals surface area contributed by atoms with Crippen LogP contribution in [0.3, 0.4) is 0 Å². The number of rotatable bonds is 2. The van der Waals surface area contributed by atoms with Crippen LogP contribution in [0.1, 0.15) is 38.7 Å². The number of nitrogens with zero attached hydrogens (tertiary/aromatic N) is 2. The highest BCUT2D eigenvalue weighted by atomic mass is 79.9. The molecule has 112 valence electrons. The maximum absolute atomic E-state index is 13.1. The number of aromatic nitrogens is 1. The van der Waals surface area contributed by atoms with Gasteiger partial charge in [-0.25, -0.2) is 9.99 Å². The Balaban J connectivity index is 2.29. The molecule has 1 aliphatic heterocycles. The Hall–Kier alpha value is -0.820. The minimum Gasteiger partial charge on any atom is -0.302 e. The van der Waals surface area contributed by atoms with Gasteiger partial charge in [-0.3, -0.25) is 0 Å². The second kappa shape index (κ2) is 5.89. The average Bonchev–Trinajstić information content (AvgIpc) is 2.34. The first-order chi connectivity index (χ1) is 9.29. The molecule has 0 saturated carbocycles. The Morgan fingerprint density at radius 3 is 2.45 bits per heavy atom. The van der Waals surface area contributed by atoms with Crippen LogP contribution >= 0.6 is 15.9 Å². The number of nitrogens with one attached hydrogen (secondary N) is 1. The van der Waals surface area contributed by atoms with Gasteiger partial charge in [0, 0.05) is 22.8 Å². The van der Waals surface area contributed by atoms with E-state index in [0.717, 1.165) is 25.3 Å². The summed E-state index contributed by atoms with van der Waals surface area (Å²) < 4.78 is 39.5. The number of hydrogen-bond acceptors (Lipinski definition) is 3. The quantitative estimate of drug-likeness (QED) is 0.852. The molecule has 2 heterocycles. The van der Waals surface area contributed by atoms with E-state index in [1.165, 1.54) is 6.20 Å². The van der Waals surface area contributed by atoms with Crippen LogP contribution in [0.5, 0.6) is 0 Å². The summed E-state index contributed by atoms with van der Waals surface area (Å²) in [6.45, 7) is 4.02. The largest absolute Gasteiger partial charge is 0.420 e. The van der Waals surface area contributed by atoms with Gasteiger partial charge in [0.05, 0.1) is 0 Å². The summed E-state index contributed by atoms with van der Waals surface area (Å²) in [6.07, 6.45) is -0.0247. The molecule has 1 aliphatic rings. The zero-order valence-corrected chi connectivity index (χ0v) is 12.9. The molecule has 0 bridgehead atoms. The number of alkyl halides is 3. The Morgan fingerprint density at radius 2 is 1.90 bits per heavy atom. The summed E-state index contributed by atoms with van der Waals surface area (Å²) in [4.78, 5) is 3.89. The molecule has 1 aromatic rings. The van der Waals surface area contributed by atoms with Crippen LogP contribution in [-0.2, 0) is 6.18 Å². The van der Waals surface area contributed by atoms with Gasteiger partial charge in [0.25, 0.3) is 0 Å². The zero-order chi connectivity index (χ0) is 14.9. The van der Waals surface area contributed by atoms with E-state index >= 15 is 0 Å². The molecule has 0 radical (unpaired) electrons. The lowest BCUT2D eigenvalue weighted by atomic mass is 10.00. The van der Waals surface area contributed by atoms with Crippen LogP contribution in [0, 0.1) is 0 Å². The topological polar surface area (TPSA) is 28.2 Å². The fourth-order valence-corrected chi connectivity index (χ4v) is 2.84. The highest BCUT2D eigenvalue weighted by molar-refractivity contribution is 9.10. The lowest BCUT2D eigenvalue weighted by Crippen LogP contribution is -2.47. The van der Waals surface area contributed by atoms with Crippen molar-refractivity contribution in [3.63, 3.8) is 0 Å². The molecule has 2 atom stereocenters. The first-order valence-corrected chi connectivity index (χ1v) is 7.36. The van der Waals surface area contributed by atoms with Gasteiger partial charge < -0.3 is 5.43 Å². The molecule has 0 aliphatic carbocycles. The Morgan fingerprint density at radius 1 is 1.30 bits per heavy atom. The third-order valence-electron chi connectivity index (χ3n) is 3.59. The zero-order valence-electron chi connectivity index (χ0n) is 11.3. The molecule has 3 nitrogen and oxygen atoms in total. The van der Waals surface area contributed by atoms with Crippen molar-refractivity contribution in [1.29, 1.82) is 0 Å². The average molecular weight is 352 g/mol. The smallest absolute Gasteiger partial charge is 0.302 e. The van der Waals surface area contributed by atoms with Crippen molar-refractivity contribution in [3.8, 4) is 0 Å². The monoisotopic (exact) mass is 351 g/mol. The second-order valence-corrected chi connectivity index (χ2v) is 6.11. The molecule has 2 rings (SSSR count). The van der Waals surface area contributed by atoms with Gasteiger partial charge >= 0.3 is 6.18 Å². The molecule has 0 amide bonds. The van der Waals surface area contributed by atoms with Crippen molar-refractivity contribution in [1.82, 2.24) is 9.99 Å². The van der Waals surface area contributed by atoms with Gasteiger partial charge in [-0.1, -0.05) is 6.42 Å². The van der Waals surface area contributed by atoms with Crippen molar-refractivity contribution in [2.24, 2.45) is 0 Å². The fraction of sp³-hybridized carbons (Fsp3) is 0.615. The van der Waals surface area contributed by atoms with Crippen molar-refractivity contribution >= 4 is 21.7 Å². The number of halogens is 4. The van der Waals surface area contributed by atoms with Gasteiger partial charge in [-0.05, 0) is 48.7 Å². The lowest BCUT2D eigenvalue weighted by Gasteiger charge is -2.39. The summed E-state index contributed by atoms with van der Waals surface area (Å²) in [5.74, 6) is -0.138. The molecule has 1 fully saturated rings. The van der Waals surface area contributed by atoms with E-state index in [-0.39, 0.29) is 17.9 Å². The minimum atomic E-state index is -4.43. The van der Waals surface area contributed by atoms with E-state index in [2.05, 4.69) is 26.3 Å². The van der Waals surface area contributed by atoms with Gasteiger partial charge in [-0.2, -0.15) is 13.2 Å². The summed E-state index contributed by atoms with van der Waals surface area (Å²) in [7, 11) is 0. The number of piperidine rings is 1. The Bertz CT molecular complexity index is 468. The van der Waals surface area contributed by atoms with Gasteiger partial charge in [0.2, 0.25) is 0 Å². The second-order valence-electron chi connectivity index (χ2n) is 5.20. The third kappa shape index (κ3) is 3.44. The maximum Gasteiger partial charge on any atom is 0.420 e. The number of hydrazine groups is 1.